The van der Waals surface area contributed by atoms with E-state index >= 15 is 0 Å². The second-order valence-electron chi connectivity index (χ2n) is 6.18. The molecule has 3 rings (SSSR count). The number of carbonyl (C=O) groups is 1. The van der Waals surface area contributed by atoms with Crippen molar-refractivity contribution in [2.24, 2.45) is 0 Å². The summed E-state index contributed by atoms with van der Waals surface area (Å²) in [7, 11) is 1.48. The van der Waals surface area contributed by atoms with Crippen molar-refractivity contribution in [2.45, 2.75) is 6.92 Å². The van der Waals surface area contributed by atoms with Crippen molar-refractivity contribution in [2.75, 3.05) is 19.0 Å². The zero-order valence-electron chi connectivity index (χ0n) is 16.3. The molecule has 1 N–H and O–H groups in total. The van der Waals surface area contributed by atoms with Crippen LogP contribution >= 0.6 is 0 Å². The van der Waals surface area contributed by atoms with Gasteiger partial charge >= 0.3 is 5.69 Å². The van der Waals surface area contributed by atoms with Gasteiger partial charge in [0.1, 0.15) is 0 Å². The van der Waals surface area contributed by atoms with E-state index in [9.17, 15) is 14.9 Å². The maximum absolute atomic E-state index is 12.0. The number of aromatic nitrogens is 1. The Morgan fingerprint density at radius 3 is 2.67 bits per heavy atom. The molecule has 0 spiro atoms. The van der Waals surface area contributed by atoms with Crippen molar-refractivity contribution in [3.63, 3.8) is 0 Å². The number of nitro groups is 1. The quantitative estimate of drug-likeness (QED) is 0.440. The first-order valence-corrected chi connectivity index (χ1v) is 8.92. The minimum atomic E-state index is -0.538. The van der Waals surface area contributed by atoms with Crippen LogP contribution in [0, 0.1) is 17.0 Å². The third kappa shape index (κ3) is 5.02. The summed E-state index contributed by atoms with van der Waals surface area (Å²) in [6.07, 6.45) is 3.09. The molecule has 154 valence electrons. The number of anilines is 1. The van der Waals surface area contributed by atoms with E-state index in [-0.39, 0.29) is 29.7 Å². The Balaban J connectivity index is 1.67. The summed E-state index contributed by atoms with van der Waals surface area (Å²) in [5, 5.41) is 17.5. The van der Waals surface area contributed by atoms with Crippen molar-refractivity contribution < 1.29 is 23.7 Å². The Labute approximate surface area is 172 Å². The number of carbonyl (C=O) groups excluding carboxylic acids is 1. The summed E-state index contributed by atoms with van der Waals surface area (Å²) in [6, 6.07) is 14.1. The molecule has 1 heterocycles. The summed E-state index contributed by atoms with van der Waals surface area (Å²) >= 11 is 0. The molecule has 0 saturated carbocycles. The highest BCUT2D eigenvalue weighted by atomic mass is 16.6. The lowest BCUT2D eigenvalue weighted by molar-refractivity contribution is -0.386. The molecule has 0 atom stereocenters. The molecule has 0 aliphatic heterocycles. The lowest BCUT2D eigenvalue weighted by Gasteiger charge is -2.11. The van der Waals surface area contributed by atoms with Crippen LogP contribution in [0.15, 0.2) is 53.1 Å². The summed E-state index contributed by atoms with van der Waals surface area (Å²) in [5.41, 5.74) is 1.39. The fourth-order valence-corrected chi connectivity index (χ4v) is 2.65. The number of rotatable bonds is 8. The Morgan fingerprint density at radius 2 is 1.97 bits per heavy atom. The van der Waals surface area contributed by atoms with E-state index in [0.29, 0.717) is 22.7 Å². The Bertz CT molecular complexity index is 1080. The van der Waals surface area contributed by atoms with Gasteiger partial charge in [0, 0.05) is 5.69 Å². The topological polar surface area (TPSA) is 117 Å². The SMILES string of the molecule is COc1cc(C=Cc2onc(C)c2[N+](=O)[O-])ccc1OCC(=O)Nc1ccccc1. The van der Waals surface area contributed by atoms with Gasteiger partial charge in [-0.05, 0) is 42.8 Å². The van der Waals surface area contributed by atoms with Crippen LogP contribution in [0.2, 0.25) is 0 Å². The zero-order valence-corrected chi connectivity index (χ0v) is 16.3. The smallest absolute Gasteiger partial charge is 0.338 e. The van der Waals surface area contributed by atoms with Crippen LogP contribution in [-0.4, -0.2) is 29.7 Å². The molecule has 1 aromatic heterocycles. The molecular formula is C21H19N3O6. The normalized spacial score (nSPS) is 10.7. The average Bonchev–Trinajstić information content (AvgIpc) is 3.12. The third-order valence-corrected chi connectivity index (χ3v) is 4.07. The van der Waals surface area contributed by atoms with Crippen molar-refractivity contribution in [1.29, 1.82) is 0 Å². The maximum atomic E-state index is 12.0. The van der Waals surface area contributed by atoms with E-state index in [1.54, 1.807) is 36.4 Å². The van der Waals surface area contributed by atoms with Crippen molar-refractivity contribution in [1.82, 2.24) is 5.16 Å². The fraction of sp³-hybridized carbons (Fsp3) is 0.143. The number of benzene rings is 2. The van der Waals surface area contributed by atoms with Gasteiger partial charge in [-0.3, -0.25) is 14.9 Å². The first-order chi connectivity index (χ1) is 14.5. The number of aryl methyl sites for hydroxylation is 1. The number of nitrogens with zero attached hydrogens (tertiary/aromatic N) is 2. The lowest BCUT2D eigenvalue weighted by atomic mass is 10.1. The van der Waals surface area contributed by atoms with E-state index < -0.39 is 4.92 Å². The number of ether oxygens (including phenoxy) is 2. The Kier molecular flexibility index (Phi) is 6.43. The fourth-order valence-electron chi connectivity index (χ4n) is 2.65. The van der Waals surface area contributed by atoms with Crippen LogP contribution in [0.1, 0.15) is 17.0 Å². The molecule has 2 aromatic carbocycles. The van der Waals surface area contributed by atoms with E-state index in [4.69, 9.17) is 14.0 Å². The van der Waals surface area contributed by atoms with Gasteiger partial charge in [-0.15, -0.1) is 0 Å². The molecule has 1 amide bonds. The average molecular weight is 409 g/mol. The third-order valence-electron chi connectivity index (χ3n) is 4.07. The molecular weight excluding hydrogens is 390 g/mol. The summed E-state index contributed by atoms with van der Waals surface area (Å²) in [6.45, 7) is 1.31. The van der Waals surface area contributed by atoms with Crippen molar-refractivity contribution in [3.8, 4) is 11.5 Å². The van der Waals surface area contributed by atoms with Gasteiger partial charge in [0.05, 0.1) is 12.0 Å². The molecule has 30 heavy (non-hydrogen) atoms. The first-order valence-electron chi connectivity index (χ1n) is 8.92. The highest BCUT2D eigenvalue weighted by Crippen LogP contribution is 2.30. The minimum Gasteiger partial charge on any atom is -0.493 e. The van der Waals surface area contributed by atoms with Gasteiger partial charge in [0.2, 0.25) is 5.76 Å². The number of para-hydroxylation sites is 1. The monoisotopic (exact) mass is 409 g/mol. The summed E-state index contributed by atoms with van der Waals surface area (Å²) in [5.74, 6) is 0.543. The molecule has 0 radical (unpaired) electrons. The molecule has 3 aromatic rings. The molecule has 9 heteroatoms. The predicted molar refractivity (Wildman–Crippen MR) is 110 cm³/mol. The Hall–Kier alpha value is -4.14. The van der Waals surface area contributed by atoms with Crippen LogP contribution in [0.5, 0.6) is 11.5 Å². The van der Waals surface area contributed by atoms with Crippen LogP contribution < -0.4 is 14.8 Å². The van der Waals surface area contributed by atoms with Gasteiger partial charge in [-0.2, -0.15) is 0 Å². The summed E-state index contributed by atoms with van der Waals surface area (Å²) in [4.78, 5) is 22.6. The maximum Gasteiger partial charge on any atom is 0.338 e. The van der Waals surface area contributed by atoms with Crippen LogP contribution in [-0.2, 0) is 4.79 Å². The zero-order chi connectivity index (χ0) is 21.5. The van der Waals surface area contributed by atoms with Crippen LogP contribution in [0.4, 0.5) is 11.4 Å². The second-order valence-corrected chi connectivity index (χ2v) is 6.18. The molecule has 0 aliphatic carbocycles. The number of hydrogen-bond donors (Lipinski definition) is 1. The molecule has 0 bridgehead atoms. The van der Waals surface area contributed by atoms with E-state index in [0.717, 1.165) is 0 Å². The predicted octanol–water partition coefficient (Wildman–Crippen LogP) is 4.09. The van der Waals surface area contributed by atoms with Gasteiger partial charge in [-0.1, -0.05) is 35.5 Å². The number of hydrogen-bond acceptors (Lipinski definition) is 7. The summed E-state index contributed by atoms with van der Waals surface area (Å²) < 4.78 is 15.9. The van der Waals surface area contributed by atoms with Crippen LogP contribution in [0.25, 0.3) is 12.2 Å². The van der Waals surface area contributed by atoms with Gasteiger partial charge in [-0.25, -0.2) is 0 Å². The first kappa shape index (κ1) is 20.6. The molecule has 9 nitrogen and oxygen atoms in total. The second kappa shape index (κ2) is 9.37. The molecule has 0 saturated heterocycles. The number of amides is 1. The van der Waals surface area contributed by atoms with Crippen molar-refractivity contribution in [3.05, 3.63) is 75.7 Å². The van der Waals surface area contributed by atoms with Crippen molar-refractivity contribution >= 4 is 29.4 Å². The van der Waals surface area contributed by atoms with E-state index in [1.165, 1.54) is 20.1 Å². The van der Waals surface area contributed by atoms with Gasteiger partial charge in [0.25, 0.3) is 5.91 Å². The van der Waals surface area contributed by atoms with E-state index in [2.05, 4.69) is 10.5 Å². The van der Waals surface area contributed by atoms with E-state index in [1.807, 2.05) is 18.2 Å². The molecule has 0 aliphatic rings. The Morgan fingerprint density at radius 1 is 1.20 bits per heavy atom. The minimum absolute atomic E-state index is 0.0503. The van der Waals surface area contributed by atoms with Crippen LogP contribution in [0.3, 0.4) is 0 Å². The van der Waals surface area contributed by atoms with Gasteiger partial charge < -0.3 is 19.3 Å². The molecule has 0 unspecified atom stereocenters. The number of methoxy groups -OCH3 is 1. The molecule has 0 fully saturated rings. The standard InChI is InChI=1S/C21H19N3O6/c1-14-21(24(26)27)18(30-23-14)11-9-15-8-10-17(19(12-15)28-2)29-13-20(25)22-16-6-4-3-5-7-16/h3-12H,13H2,1-2H3,(H,22,25). The highest BCUT2D eigenvalue weighted by Gasteiger charge is 2.21. The van der Waals surface area contributed by atoms with Gasteiger partial charge in [0.15, 0.2) is 23.8 Å². The largest absolute Gasteiger partial charge is 0.493 e. The number of nitrogens with one attached hydrogen (secondary N) is 1. The lowest BCUT2D eigenvalue weighted by Crippen LogP contribution is -2.20. The highest BCUT2D eigenvalue weighted by molar-refractivity contribution is 5.91.